The van der Waals surface area contributed by atoms with Gasteiger partial charge in [-0.25, -0.2) is 4.98 Å². The number of nitrogens with one attached hydrogen (secondary N) is 2. The second kappa shape index (κ2) is 7.14. The van der Waals surface area contributed by atoms with E-state index >= 15 is 0 Å². The van der Waals surface area contributed by atoms with Crippen molar-refractivity contribution in [3.05, 3.63) is 59.8 Å². The number of methoxy groups -OCH3 is 1. The number of carbonyl (C=O) groups excluding carboxylic acids is 1. The second-order valence-corrected chi connectivity index (χ2v) is 6.18. The van der Waals surface area contributed by atoms with Gasteiger partial charge in [0.15, 0.2) is 5.13 Å². The summed E-state index contributed by atoms with van der Waals surface area (Å²) in [7, 11) is 1.56. The van der Waals surface area contributed by atoms with Crippen LogP contribution in [0.25, 0.3) is 15.8 Å². The average molecular weight is 352 g/mol. The number of hydrogen-bond acceptors (Lipinski definition) is 6. The number of benzene rings is 2. The molecule has 0 bridgehead atoms. The van der Waals surface area contributed by atoms with Crippen LogP contribution in [-0.2, 0) is 0 Å². The van der Waals surface area contributed by atoms with E-state index in [1.165, 1.54) is 23.8 Å². The number of allylic oxidation sites excluding steroid dienone is 1. The molecule has 2 aromatic carbocycles. The maximum absolute atomic E-state index is 12.4. The van der Waals surface area contributed by atoms with E-state index in [2.05, 4.69) is 10.3 Å². The molecule has 0 saturated heterocycles. The van der Waals surface area contributed by atoms with Crippen LogP contribution in [0.15, 0.2) is 48.7 Å². The molecule has 126 valence electrons. The van der Waals surface area contributed by atoms with E-state index in [1.807, 2.05) is 18.2 Å². The van der Waals surface area contributed by atoms with Gasteiger partial charge < -0.3 is 15.9 Å². The molecule has 3 aromatic rings. The molecule has 0 fully saturated rings. The molecular weight excluding hydrogens is 336 g/mol. The van der Waals surface area contributed by atoms with Gasteiger partial charge in [-0.3, -0.25) is 10.1 Å². The van der Waals surface area contributed by atoms with E-state index in [0.29, 0.717) is 22.0 Å². The first-order chi connectivity index (χ1) is 12.1. The summed E-state index contributed by atoms with van der Waals surface area (Å²) in [4.78, 5) is 16.8. The number of anilines is 1. The standard InChI is InChI=1S/C18H16N4O2S/c1-24-14-4-2-3-12(7-14)17(23)22-18-21-15-6-5-11(8-16(15)25-18)13(9-19)10-20/h2-10,19H,20H2,1H3,(H,21,22,23)/b13-10+,19-9?. The quantitative estimate of drug-likeness (QED) is 0.612. The molecule has 0 radical (unpaired) electrons. The summed E-state index contributed by atoms with van der Waals surface area (Å²) in [6, 6.07) is 12.5. The van der Waals surface area contributed by atoms with Gasteiger partial charge in [0, 0.05) is 23.6 Å². The van der Waals surface area contributed by atoms with Crippen molar-refractivity contribution in [2.75, 3.05) is 12.4 Å². The largest absolute Gasteiger partial charge is 0.497 e. The summed E-state index contributed by atoms with van der Waals surface area (Å²) in [5.74, 6) is 0.370. The lowest BCUT2D eigenvalue weighted by Gasteiger charge is -2.03. The van der Waals surface area contributed by atoms with Gasteiger partial charge in [0.25, 0.3) is 5.91 Å². The van der Waals surface area contributed by atoms with Crippen LogP contribution in [0.5, 0.6) is 5.75 Å². The van der Waals surface area contributed by atoms with Gasteiger partial charge in [-0.1, -0.05) is 23.5 Å². The Balaban J connectivity index is 1.86. The van der Waals surface area contributed by atoms with Crippen LogP contribution >= 0.6 is 11.3 Å². The molecule has 0 aliphatic carbocycles. The zero-order chi connectivity index (χ0) is 17.8. The summed E-state index contributed by atoms with van der Waals surface area (Å²) in [6.07, 6.45) is 2.59. The molecule has 7 heteroatoms. The Morgan fingerprint density at radius 1 is 1.28 bits per heavy atom. The summed E-state index contributed by atoms with van der Waals surface area (Å²) in [6.45, 7) is 0. The Hall–Kier alpha value is -3.19. The van der Waals surface area contributed by atoms with Crippen molar-refractivity contribution in [3.8, 4) is 5.75 Å². The summed E-state index contributed by atoms with van der Waals surface area (Å²) in [5.41, 5.74) is 8.25. The first kappa shape index (κ1) is 16.7. The number of fused-ring (bicyclic) bond motifs is 1. The number of nitrogens with two attached hydrogens (primary N) is 1. The highest BCUT2D eigenvalue weighted by Crippen LogP contribution is 2.29. The van der Waals surface area contributed by atoms with E-state index in [1.54, 1.807) is 31.4 Å². The Kier molecular flexibility index (Phi) is 4.76. The Morgan fingerprint density at radius 2 is 2.12 bits per heavy atom. The highest BCUT2D eigenvalue weighted by molar-refractivity contribution is 7.22. The molecule has 1 aromatic heterocycles. The van der Waals surface area contributed by atoms with Gasteiger partial charge in [-0.05, 0) is 35.9 Å². The van der Waals surface area contributed by atoms with Crippen LogP contribution in [0.4, 0.5) is 5.13 Å². The highest BCUT2D eigenvalue weighted by atomic mass is 32.1. The lowest BCUT2D eigenvalue weighted by atomic mass is 10.1. The van der Waals surface area contributed by atoms with Crippen molar-refractivity contribution in [1.82, 2.24) is 4.98 Å². The van der Waals surface area contributed by atoms with Gasteiger partial charge in [-0.2, -0.15) is 0 Å². The minimum absolute atomic E-state index is 0.250. The normalized spacial score (nSPS) is 11.3. The van der Waals surface area contributed by atoms with E-state index in [4.69, 9.17) is 15.9 Å². The average Bonchev–Trinajstić information content (AvgIpc) is 3.04. The SMILES string of the molecule is COc1cccc(C(=O)Nc2nc3ccc(/C(C=N)=C/N)cc3s2)c1. The Bertz CT molecular complexity index is 978. The van der Waals surface area contributed by atoms with E-state index in [9.17, 15) is 4.79 Å². The highest BCUT2D eigenvalue weighted by Gasteiger charge is 2.11. The third-order valence-electron chi connectivity index (χ3n) is 3.61. The summed E-state index contributed by atoms with van der Waals surface area (Å²) >= 11 is 1.37. The van der Waals surface area contributed by atoms with Crippen LogP contribution in [0.2, 0.25) is 0 Å². The topological polar surface area (TPSA) is 101 Å². The number of rotatable bonds is 5. The Morgan fingerprint density at radius 3 is 2.84 bits per heavy atom. The third kappa shape index (κ3) is 3.51. The molecule has 0 unspecified atom stereocenters. The zero-order valence-corrected chi connectivity index (χ0v) is 14.3. The fourth-order valence-electron chi connectivity index (χ4n) is 2.32. The molecule has 6 nitrogen and oxygen atoms in total. The number of thiazole rings is 1. The maximum atomic E-state index is 12.4. The minimum Gasteiger partial charge on any atom is -0.497 e. The number of ether oxygens (including phenoxy) is 1. The molecule has 25 heavy (non-hydrogen) atoms. The number of hydrogen-bond donors (Lipinski definition) is 3. The lowest BCUT2D eigenvalue weighted by Crippen LogP contribution is -2.11. The van der Waals surface area contributed by atoms with Crippen molar-refractivity contribution in [2.24, 2.45) is 5.73 Å². The first-order valence-corrected chi connectivity index (χ1v) is 8.25. The Labute approximate surface area is 148 Å². The predicted octanol–water partition coefficient (Wildman–Crippen LogP) is 3.51. The van der Waals surface area contributed by atoms with Crippen molar-refractivity contribution in [2.45, 2.75) is 0 Å². The van der Waals surface area contributed by atoms with Gasteiger partial charge in [-0.15, -0.1) is 0 Å². The fraction of sp³-hybridized carbons (Fsp3) is 0.0556. The monoisotopic (exact) mass is 352 g/mol. The smallest absolute Gasteiger partial charge is 0.257 e. The molecule has 1 amide bonds. The number of aromatic nitrogens is 1. The zero-order valence-electron chi connectivity index (χ0n) is 13.4. The molecule has 0 aliphatic rings. The number of carbonyl (C=O) groups is 1. The van der Waals surface area contributed by atoms with Crippen molar-refractivity contribution in [3.63, 3.8) is 0 Å². The summed E-state index contributed by atoms with van der Waals surface area (Å²) in [5, 5.41) is 10.7. The molecule has 0 spiro atoms. The molecule has 4 N–H and O–H groups in total. The third-order valence-corrected chi connectivity index (χ3v) is 4.54. The van der Waals surface area contributed by atoms with Gasteiger partial charge >= 0.3 is 0 Å². The van der Waals surface area contributed by atoms with E-state index in [0.717, 1.165) is 15.8 Å². The minimum atomic E-state index is -0.250. The molecule has 0 saturated carbocycles. The van der Waals surface area contributed by atoms with E-state index in [-0.39, 0.29) is 5.91 Å². The van der Waals surface area contributed by atoms with Crippen molar-refractivity contribution >= 4 is 44.4 Å². The van der Waals surface area contributed by atoms with Crippen LogP contribution in [0, 0.1) is 5.41 Å². The second-order valence-electron chi connectivity index (χ2n) is 5.15. The molecule has 1 heterocycles. The number of amides is 1. The molecule has 3 rings (SSSR count). The van der Waals surface area contributed by atoms with Gasteiger partial charge in [0.05, 0.1) is 17.3 Å². The first-order valence-electron chi connectivity index (χ1n) is 7.43. The van der Waals surface area contributed by atoms with Crippen LogP contribution in [-0.4, -0.2) is 24.2 Å². The van der Waals surface area contributed by atoms with Crippen molar-refractivity contribution in [1.29, 1.82) is 5.41 Å². The van der Waals surface area contributed by atoms with Crippen LogP contribution in [0.1, 0.15) is 15.9 Å². The van der Waals surface area contributed by atoms with Crippen LogP contribution in [0.3, 0.4) is 0 Å². The molecular formula is C18H16N4O2S. The molecule has 0 atom stereocenters. The van der Waals surface area contributed by atoms with Crippen LogP contribution < -0.4 is 15.8 Å². The lowest BCUT2D eigenvalue weighted by molar-refractivity contribution is 0.102. The van der Waals surface area contributed by atoms with Crippen molar-refractivity contribution < 1.29 is 9.53 Å². The number of nitrogens with zero attached hydrogens (tertiary/aromatic N) is 1. The van der Waals surface area contributed by atoms with E-state index < -0.39 is 0 Å². The maximum Gasteiger partial charge on any atom is 0.257 e. The van der Waals surface area contributed by atoms with Gasteiger partial charge in [0.1, 0.15) is 5.75 Å². The molecule has 0 aliphatic heterocycles. The predicted molar refractivity (Wildman–Crippen MR) is 102 cm³/mol. The summed E-state index contributed by atoms with van der Waals surface area (Å²) < 4.78 is 6.04. The van der Waals surface area contributed by atoms with Gasteiger partial charge in [0.2, 0.25) is 0 Å². The fourth-order valence-corrected chi connectivity index (χ4v) is 3.22.